The van der Waals surface area contributed by atoms with E-state index in [4.69, 9.17) is 4.74 Å². The van der Waals surface area contributed by atoms with Gasteiger partial charge in [0, 0.05) is 47.3 Å². The van der Waals surface area contributed by atoms with Gasteiger partial charge >= 0.3 is 0 Å². The summed E-state index contributed by atoms with van der Waals surface area (Å²) in [6, 6.07) is 0. The molecule has 0 aromatic carbocycles. The number of aromatic nitrogens is 2. The highest BCUT2D eigenvalue weighted by molar-refractivity contribution is 5.91. The van der Waals surface area contributed by atoms with Crippen LogP contribution in [0.4, 0.5) is 5.82 Å². The van der Waals surface area contributed by atoms with Gasteiger partial charge in [0.2, 0.25) is 0 Å². The van der Waals surface area contributed by atoms with Crippen molar-refractivity contribution in [2.45, 2.75) is 6.42 Å². The van der Waals surface area contributed by atoms with Crippen molar-refractivity contribution in [3.05, 3.63) is 18.1 Å². The summed E-state index contributed by atoms with van der Waals surface area (Å²) in [5.41, 5.74) is 0.377. The summed E-state index contributed by atoms with van der Waals surface area (Å²) in [4.78, 5) is 26.4. The maximum Gasteiger partial charge on any atom is 0.273 e. The molecule has 122 valence electrons. The van der Waals surface area contributed by atoms with Gasteiger partial charge in [0.25, 0.3) is 5.91 Å². The first-order valence-corrected chi connectivity index (χ1v) is 7.63. The van der Waals surface area contributed by atoms with Crippen LogP contribution in [0.2, 0.25) is 0 Å². The van der Waals surface area contributed by atoms with Gasteiger partial charge < -0.3 is 14.5 Å². The summed E-state index contributed by atoms with van der Waals surface area (Å²) in [6.07, 6.45) is 4.25. The second-order valence-electron chi connectivity index (χ2n) is 5.69. The number of rotatable bonds is 6. The van der Waals surface area contributed by atoms with E-state index in [1.807, 2.05) is 11.9 Å². The number of nitrogens with zero attached hydrogens (tertiary/aromatic N) is 5. The molecule has 1 aliphatic heterocycles. The van der Waals surface area contributed by atoms with E-state index in [0.717, 1.165) is 51.6 Å². The fourth-order valence-corrected chi connectivity index (χ4v) is 2.34. The molecule has 0 N–H and O–H groups in total. The van der Waals surface area contributed by atoms with Crippen molar-refractivity contribution in [3.63, 3.8) is 0 Å². The van der Waals surface area contributed by atoms with Crippen molar-refractivity contribution in [2.24, 2.45) is 0 Å². The van der Waals surface area contributed by atoms with E-state index < -0.39 is 0 Å². The Morgan fingerprint density at radius 1 is 1.27 bits per heavy atom. The molecule has 0 spiro atoms. The number of hydrogen-bond acceptors (Lipinski definition) is 6. The SMILES string of the molecule is CN(C)C(=O)c1cncc(N(C)CCCN2CCOCC2)n1. The molecule has 0 unspecified atom stereocenters. The van der Waals surface area contributed by atoms with Crippen LogP contribution in [0.3, 0.4) is 0 Å². The Bertz CT molecular complexity index is 489. The second kappa shape index (κ2) is 8.05. The van der Waals surface area contributed by atoms with Gasteiger partial charge in [-0.25, -0.2) is 4.98 Å². The molecule has 0 radical (unpaired) electrons. The molecule has 0 aliphatic carbocycles. The minimum atomic E-state index is -0.129. The molecule has 2 rings (SSSR count). The van der Waals surface area contributed by atoms with E-state index in [0.29, 0.717) is 5.69 Å². The largest absolute Gasteiger partial charge is 0.379 e. The Labute approximate surface area is 131 Å². The molecule has 22 heavy (non-hydrogen) atoms. The van der Waals surface area contributed by atoms with E-state index in [9.17, 15) is 4.79 Å². The Morgan fingerprint density at radius 2 is 2.00 bits per heavy atom. The molecule has 1 amide bonds. The molecule has 7 nitrogen and oxygen atoms in total. The van der Waals surface area contributed by atoms with Crippen LogP contribution in [0.5, 0.6) is 0 Å². The standard InChI is InChI=1S/C15H25N5O2/c1-18(2)15(21)13-11-16-12-14(17-13)19(3)5-4-6-20-7-9-22-10-8-20/h11-12H,4-10H2,1-3H3. The van der Waals surface area contributed by atoms with Crippen LogP contribution in [-0.2, 0) is 4.74 Å². The van der Waals surface area contributed by atoms with E-state index in [1.54, 1.807) is 20.3 Å². The molecule has 0 saturated carbocycles. The van der Waals surface area contributed by atoms with Gasteiger partial charge in [-0.3, -0.25) is 14.7 Å². The first-order chi connectivity index (χ1) is 10.6. The summed E-state index contributed by atoms with van der Waals surface area (Å²) < 4.78 is 5.35. The molecule has 7 heteroatoms. The zero-order chi connectivity index (χ0) is 15.9. The maximum absolute atomic E-state index is 11.9. The van der Waals surface area contributed by atoms with Crippen LogP contribution in [0.25, 0.3) is 0 Å². The van der Waals surface area contributed by atoms with E-state index in [-0.39, 0.29) is 5.91 Å². The Balaban J connectivity index is 1.85. The van der Waals surface area contributed by atoms with Gasteiger partial charge in [0.1, 0.15) is 11.5 Å². The molecular formula is C15H25N5O2. The number of hydrogen-bond donors (Lipinski definition) is 0. The normalized spacial score (nSPS) is 15.6. The predicted octanol–water partition coefficient (Wildman–Crippen LogP) is 0.337. The van der Waals surface area contributed by atoms with Crippen molar-refractivity contribution in [1.82, 2.24) is 19.8 Å². The molecule has 1 aromatic heterocycles. The van der Waals surface area contributed by atoms with Crippen LogP contribution >= 0.6 is 0 Å². The maximum atomic E-state index is 11.9. The third kappa shape index (κ3) is 4.64. The molecule has 1 aromatic rings. The number of anilines is 1. The minimum Gasteiger partial charge on any atom is -0.379 e. The zero-order valence-corrected chi connectivity index (χ0v) is 13.7. The van der Waals surface area contributed by atoms with Gasteiger partial charge in [-0.2, -0.15) is 0 Å². The number of morpholine rings is 1. The number of amides is 1. The average Bonchev–Trinajstić information content (AvgIpc) is 2.55. The van der Waals surface area contributed by atoms with Crippen molar-refractivity contribution >= 4 is 11.7 Å². The van der Waals surface area contributed by atoms with E-state index in [1.165, 1.54) is 11.1 Å². The molecule has 1 aliphatic rings. The Morgan fingerprint density at radius 3 is 2.68 bits per heavy atom. The van der Waals surface area contributed by atoms with E-state index in [2.05, 4.69) is 14.9 Å². The van der Waals surface area contributed by atoms with Gasteiger partial charge in [0.15, 0.2) is 0 Å². The highest BCUT2D eigenvalue weighted by atomic mass is 16.5. The van der Waals surface area contributed by atoms with E-state index >= 15 is 0 Å². The van der Waals surface area contributed by atoms with Crippen molar-refractivity contribution in [2.75, 3.05) is 65.4 Å². The predicted molar refractivity (Wildman–Crippen MR) is 85.2 cm³/mol. The van der Waals surface area contributed by atoms with Gasteiger partial charge in [-0.05, 0) is 6.42 Å². The van der Waals surface area contributed by atoms with Crippen LogP contribution in [0.15, 0.2) is 12.4 Å². The fourth-order valence-electron chi connectivity index (χ4n) is 2.34. The lowest BCUT2D eigenvalue weighted by Gasteiger charge is -2.27. The number of ether oxygens (including phenoxy) is 1. The number of carbonyl (C=O) groups is 1. The smallest absolute Gasteiger partial charge is 0.273 e. The first-order valence-electron chi connectivity index (χ1n) is 7.63. The van der Waals surface area contributed by atoms with Crippen molar-refractivity contribution < 1.29 is 9.53 Å². The lowest BCUT2D eigenvalue weighted by molar-refractivity contribution is 0.0377. The van der Waals surface area contributed by atoms with Crippen molar-refractivity contribution in [1.29, 1.82) is 0 Å². The summed E-state index contributed by atoms with van der Waals surface area (Å²) in [7, 11) is 5.40. The summed E-state index contributed by atoms with van der Waals surface area (Å²) >= 11 is 0. The quantitative estimate of drug-likeness (QED) is 0.755. The molecule has 1 fully saturated rings. The summed E-state index contributed by atoms with van der Waals surface area (Å²) in [5.74, 6) is 0.603. The topological polar surface area (TPSA) is 61.8 Å². The van der Waals surface area contributed by atoms with Crippen LogP contribution in [0.1, 0.15) is 16.9 Å². The monoisotopic (exact) mass is 307 g/mol. The Kier molecular flexibility index (Phi) is 6.09. The highest BCUT2D eigenvalue weighted by Crippen LogP contribution is 2.09. The van der Waals surface area contributed by atoms with Gasteiger partial charge in [-0.1, -0.05) is 0 Å². The van der Waals surface area contributed by atoms with Crippen LogP contribution in [-0.4, -0.2) is 86.2 Å². The Hall–Kier alpha value is -1.73. The van der Waals surface area contributed by atoms with Gasteiger partial charge in [0.05, 0.1) is 25.6 Å². The highest BCUT2D eigenvalue weighted by Gasteiger charge is 2.13. The lowest BCUT2D eigenvalue weighted by Crippen LogP contribution is -2.38. The van der Waals surface area contributed by atoms with Crippen LogP contribution < -0.4 is 4.90 Å². The number of carbonyl (C=O) groups excluding carboxylic acids is 1. The summed E-state index contributed by atoms with van der Waals surface area (Å²) in [5, 5.41) is 0. The third-order valence-corrected chi connectivity index (χ3v) is 3.71. The van der Waals surface area contributed by atoms with Crippen LogP contribution in [0, 0.1) is 0 Å². The molecule has 0 bridgehead atoms. The van der Waals surface area contributed by atoms with Crippen molar-refractivity contribution in [3.8, 4) is 0 Å². The first kappa shape index (κ1) is 16.6. The summed E-state index contributed by atoms with van der Waals surface area (Å²) in [6.45, 7) is 5.61. The lowest BCUT2D eigenvalue weighted by atomic mass is 10.3. The second-order valence-corrected chi connectivity index (χ2v) is 5.69. The van der Waals surface area contributed by atoms with Gasteiger partial charge in [-0.15, -0.1) is 0 Å². The zero-order valence-electron chi connectivity index (χ0n) is 13.7. The molecular weight excluding hydrogens is 282 g/mol. The molecule has 2 heterocycles. The fraction of sp³-hybridized carbons (Fsp3) is 0.667. The minimum absolute atomic E-state index is 0.129. The third-order valence-electron chi connectivity index (χ3n) is 3.71. The molecule has 1 saturated heterocycles. The average molecular weight is 307 g/mol. The molecule has 0 atom stereocenters.